The predicted molar refractivity (Wildman–Crippen MR) is 118 cm³/mol. The maximum atomic E-state index is 13.2. The number of hydrogen-bond donors (Lipinski definition) is 0. The predicted octanol–water partition coefficient (Wildman–Crippen LogP) is 3.35. The lowest BCUT2D eigenvalue weighted by Gasteiger charge is -2.10. The standard InChI is InChI=1S/C23H19N5O3/c1-27-19-13-25-17-8-6-14(15-7-9-20(30-2)26-12-15)11-16(17)21(19)28(23(27)29)18-5-4-10-24-22(18)31-3/h4-13H,1-3H3. The van der Waals surface area contributed by atoms with E-state index in [2.05, 4.69) is 15.0 Å². The fraction of sp³-hybridized carbons (Fsp3) is 0.130. The van der Waals surface area contributed by atoms with Crippen LogP contribution in [-0.4, -0.2) is 38.3 Å². The SMILES string of the molecule is COc1ccc(-c2ccc3ncc4c(c3c2)n(-c2cccnc2OC)c(=O)n4C)cn1. The quantitative estimate of drug-likeness (QED) is 0.449. The molecule has 5 rings (SSSR count). The Morgan fingerprint density at radius 2 is 1.74 bits per heavy atom. The van der Waals surface area contributed by atoms with E-state index in [1.54, 1.807) is 47.9 Å². The molecule has 0 fully saturated rings. The van der Waals surface area contributed by atoms with E-state index < -0.39 is 0 Å². The average molecular weight is 413 g/mol. The van der Waals surface area contributed by atoms with Crippen LogP contribution >= 0.6 is 0 Å². The first kappa shape index (κ1) is 18.8. The highest BCUT2D eigenvalue weighted by Crippen LogP contribution is 2.31. The van der Waals surface area contributed by atoms with Gasteiger partial charge in [-0.1, -0.05) is 6.07 Å². The van der Waals surface area contributed by atoms with Crippen LogP contribution in [0.25, 0.3) is 38.8 Å². The number of benzene rings is 1. The Hall–Kier alpha value is -4.20. The molecule has 4 aromatic heterocycles. The summed E-state index contributed by atoms with van der Waals surface area (Å²) in [6.45, 7) is 0. The molecule has 0 N–H and O–H groups in total. The van der Waals surface area contributed by atoms with Crippen molar-refractivity contribution < 1.29 is 9.47 Å². The minimum Gasteiger partial charge on any atom is -0.481 e. The van der Waals surface area contributed by atoms with Crippen molar-refractivity contribution >= 4 is 21.9 Å². The number of fused-ring (bicyclic) bond motifs is 3. The molecular weight excluding hydrogens is 394 g/mol. The van der Waals surface area contributed by atoms with Gasteiger partial charge in [0.25, 0.3) is 0 Å². The average Bonchev–Trinajstić information content (AvgIpc) is 3.09. The van der Waals surface area contributed by atoms with Crippen molar-refractivity contribution in [3.05, 3.63) is 71.5 Å². The van der Waals surface area contributed by atoms with Crippen LogP contribution in [0.5, 0.6) is 11.8 Å². The molecule has 0 radical (unpaired) electrons. The number of pyridine rings is 3. The Morgan fingerprint density at radius 3 is 2.48 bits per heavy atom. The summed E-state index contributed by atoms with van der Waals surface area (Å²) in [5.41, 5.74) is 4.50. The van der Waals surface area contributed by atoms with Crippen LogP contribution in [0.2, 0.25) is 0 Å². The van der Waals surface area contributed by atoms with Gasteiger partial charge in [0, 0.05) is 36.5 Å². The van der Waals surface area contributed by atoms with Crippen molar-refractivity contribution in [1.82, 2.24) is 24.1 Å². The highest BCUT2D eigenvalue weighted by atomic mass is 16.5. The second-order valence-corrected chi connectivity index (χ2v) is 7.02. The van der Waals surface area contributed by atoms with E-state index in [9.17, 15) is 4.79 Å². The van der Waals surface area contributed by atoms with E-state index in [0.29, 0.717) is 23.0 Å². The lowest BCUT2D eigenvalue weighted by molar-refractivity contribution is 0.396. The zero-order valence-electron chi connectivity index (χ0n) is 17.2. The summed E-state index contributed by atoms with van der Waals surface area (Å²) in [7, 11) is 4.85. The van der Waals surface area contributed by atoms with Crippen LogP contribution in [-0.2, 0) is 7.05 Å². The second kappa shape index (κ2) is 7.24. The van der Waals surface area contributed by atoms with Gasteiger partial charge < -0.3 is 9.47 Å². The van der Waals surface area contributed by atoms with Gasteiger partial charge in [-0.3, -0.25) is 14.1 Å². The second-order valence-electron chi connectivity index (χ2n) is 7.02. The molecule has 5 aromatic rings. The Bertz CT molecular complexity index is 1490. The molecule has 1 aromatic carbocycles. The Labute approximate surface area is 177 Å². The molecule has 0 aliphatic heterocycles. The van der Waals surface area contributed by atoms with Gasteiger partial charge in [0.2, 0.25) is 11.8 Å². The summed E-state index contributed by atoms with van der Waals surface area (Å²) >= 11 is 0. The van der Waals surface area contributed by atoms with E-state index >= 15 is 0 Å². The third-order valence-corrected chi connectivity index (χ3v) is 5.35. The van der Waals surface area contributed by atoms with Gasteiger partial charge in [0.15, 0.2) is 0 Å². The lowest BCUT2D eigenvalue weighted by Crippen LogP contribution is -2.21. The summed E-state index contributed by atoms with van der Waals surface area (Å²) < 4.78 is 13.8. The van der Waals surface area contributed by atoms with Crippen LogP contribution in [0.15, 0.2) is 65.8 Å². The van der Waals surface area contributed by atoms with Gasteiger partial charge in [-0.25, -0.2) is 14.8 Å². The zero-order chi connectivity index (χ0) is 21.5. The molecule has 31 heavy (non-hydrogen) atoms. The van der Waals surface area contributed by atoms with Crippen LogP contribution in [0.1, 0.15) is 0 Å². The van der Waals surface area contributed by atoms with Gasteiger partial charge in [0.05, 0.1) is 37.0 Å². The van der Waals surface area contributed by atoms with Crippen molar-refractivity contribution in [2.75, 3.05) is 14.2 Å². The third kappa shape index (κ3) is 2.92. The molecule has 0 saturated carbocycles. The molecule has 0 bridgehead atoms. The Kier molecular flexibility index (Phi) is 4.39. The molecule has 0 spiro atoms. The van der Waals surface area contributed by atoms with Crippen LogP contribution in [0.4, 0.5) is 0 Å². The zero-order valence-corrected chi connectivity index (χ0v) is 17.2. The molecular formula is C23H19N5O3. The minimum absolute atomic E-state index is 0.202. The molecule has 0 saturated heterocycles. The minimum atomic E-state index is -0.202. The number of nitrogens with zero attached hydrogens (tertiary/aromatic N) is 5. The normalized spacial score (nSPS) is 11.2. The van der Waals surface area contributed by atoms with E-state index in [1.165, 1.54) is 7.11 Å². The number of ether oxygens (including phenoxy) is 2. The van der Waals surface area contributed by atoms with E-state index in [1.807, 2.05) is 36.4 Å². The monoisotopic (exact) mass is 413 g/mol. The Balaban J connectivity index is 1.84. The van der Waals surface area contributed by atoms with Crippen molar-refractivity contribution in [2.24, 2.45) is 7.05 Å². The fourth-order valence-electron chi connectivity index (χ4n) is 3.78. The topological polar surface area (TPSA) is 84.1 Å². The molecule has 8 heteroatoms. The highest BCUT2D eigenvalue weighted by molar-refractivity contribution is 6.04. The van der Waals surface area contributed by atoms with Gasteiger partial charge in [-0.05, 0) is 35.9 Å². The number of rotatable bonds is 4. The number of methoxy groups -OCH3 is 2. The number of aryl methyl sites for hydroxylation is 1. The number of hydrogen-bond acceptors (Lipinski definition) is 6. The summed E-state index contributed by atoms with van der Waals surface area (Å²) in [4.78, 5) is 26.3. The first-order valence-electron chi connectivity index (χ1n) is 9.62. The molecule has 4 heterocycles. The molecule has 8 nitrogen and oxygen atoms in total. The summed E-state index contributed by atoms with van der Waals surface area (Å²) in [6, 6.07) is 13.3. The maximum Gasteiger partial charge on any atom is 0.333 e. The highest BCUT2D eigenvalue weighted by Gasteiger charge is 2.19. The van der Waals surface area contributed by atoms with Crippen LogP contribution in [0, 0.1) is 0 Å². The van der Waals surface area contributed by atoms with Gasteiger partial charge in [-0.2, -0.15) is 0 Å². The third-order valence-electron chi connectivity index (χ3n) is 5.35. The first-order chi connectivity index (χ1) is 15.1. The van der Waals surface area contributed by atoms with Crippen molar-refractivity contribution in [3.8, 4) is 28.6 Å². The van der Waals surface area contributed by atoms with Crippen LogP contribution in [0.3, 0.4) is 0 Å². The molecule has 0 aliphatic carbocycles. The molecule has 0 unspecified atom stereocenters. The number of imidazole rings is 1. The summed E-state index contributed by atoms with van der Waals surface area (Å²) in [5.74, 6) is 0.923. The van der Waals surface area contributed by atoms with Crippen LogP contribution < -0.4 is 15.2 Å². The van der Waals surface area contributed by atoms with E-state index in [0.717, 1.165) is 27.5 Å². The molecule has 0 aliphatic rings. The van der Waals surface area contributed by atoms with E-state index in [-0.39, 0.29) is 5.69 Å². The van der Waals surface area contributed by atoms with E-state index in [4.69, 9.17) is 9.47 Å². The smallest absolute Gasteiger partial charge is 0.333 e. The van der Waals surface area contributed by atoms with Gasteiger partial charge >= 0.3 is 5.69 Å². The molecule has 0 atom stereocenters. The van der Waals surface area contributed by atoms with Crippen molar-refractivity contribution in [3.63, 3.8) is 0 Å². The fourth-order valence-corrected chi connectivity index (χ4v) is 3.78. The molecule has 154 valence electrons. The van der Waals surface area contributed by atoms with Gasteiger partial charge in [0.1, 0.15) is 5.69 Å². The molecule has 0 amide bonds. The number of aromatic nitrogens is 5. The summed E-state index contributed by atoms with van der Waals surface area (Å²) in [6.07, 6.45) is 5.11. The summed E-state index contributed by atoms with van der Waals surface area (Å²) in [5, 5.41) is 0.842. The van der Waals surface area contributed by atoms with Crippen molar-refractivity contribution in [2.45, 2.75) is 0 Å². The lowest BCUT2D eigenvalue weighted by atomic mass is 10.0. The van der Waals surface area contributed by atoms with Gasteiger partial charge in [-0.15, -0.1) is 0 Å². The van der Waals surface area contributed by atoms with Crippen molar-refractivity contribution in [1.29, 1.82) is 0 Å². The Morgan fingerprint density at radius 1 is 0.903 bits per heavy atom. The maximum absolute atomic E-state index is 13.2. The first-order valence-corrected chi connectivity index (χ1v) is 9.62. The largest absolute Gasteiger partial charge is 0.481 e.